The lowest BCUT2D eigenvalue weighted by Gasteiger charge is -2.19. The highest BCUT2D eigenvalue weighted by Gasteiger charge is 2.16. The fourth-order valence-corrected chi connectivity index (χ4v) is 1.97. The van der Waals surface area contributed by atoms with Gasteiger partial charge in [0.2, 0.25) is 0 Å². The highest BCUT2D eigenvalue weighted by Crippen LogP contribution is 2.24. The van der Waals surface area contributed by atoms with Crippen LogP contribution in [0, 0.1) is 0 Å². The van der Waals surface area contributed by atoms with Gasteiger partial charge in [-0.3, -0.25) is 10.3 Å². The third kappa shape index (κ3) is 4.54. The molecule has 0 aliphatic carbocycles. The van der Waals surface area contributed by atoms with Gasteiger partial charge in [-0.25, -0.2) is 9.59 Å². The number of pyridine rings is 1. The molecule has 0 atom stereocenters. The van der Waals surface area contributed by atoms with Crippen LogP contribution in [-0.4, -0.2) is 27.8 Å². The summed E-state index contributed by atoms with van der Waals surface area (Å²) in [5.41, 5.74) is 1.41. The maximum Gasteiger partial charge on any atom is 0.412 e. The summed E-state index contributed by atoms with van der Waals surface area (Å²) < 4.78 is 5.17. The second-order valence-corrected chi connectivity index (χ2v) is 5.93. The predicted octanol–water partition coefficient (Wildman–Crippen LogP) is 3.79. The number of amides is 1. The van der Waals surface area contributed by atoms with E-state index in [-0.39, 0.29) is 5.56 Å². The first-order valence-corrected chi connectivity index (χ1v) is 7.04. The van der Waals surface area contributed by atoms with Gasteiger partial charge in [-0.1, -0.05) is 12.1 Å². The van der Waals surface area contributed by atoms with Crippen molar-refractivity contribution in [2.75, 3.05) is 5.32 Å². The van der Waals surface area contributed by atoms with Crippen LogP contribution in [0.1, 0.15) is 31.1 Å². The van der Waals surface area contributed by atoms with Gasteiger partial charge in [0.15, 0.2) is 0 Å². The molecule has 0 radical (unpaired) electrons. The summed E-state index contributed by atoms with van der Waals surface area (Å²) >= 11 is 0. The van der Waals surface area contributed by atoms with Crippen molar-refractivity contribution in [1.29, 1.82) is 0 Å². The molecule has 6 heteroatoms. The molecule has 2 aromatic rings. The van der Waals surface area contributed by atoms with Gasteiger partial charge in [0, 0.05) is 18.1 Å². The molecule has 0 unspecified atom stereocenters. The second-order valence-electron chi connectivity index (χ2n) is 5.93. The molecule has 1 aromatic heterocycles. The highest BCUT2D eigenvalue weighted by atomic mass is 16.6. The van der Waals surface area contributed by atoms with Crippen molar-refractivity contribution in [1.82, 2.24) is 4.98 Å². The average Bonchev–Trinajstić information content (AvgIpc) is 2.46. The molecule has 0 aliphatic heterocycles. The molecule has 1 amide bonds. The van der Waals surface area contributed by atoms with Crippen LogP contribution in [0.2, 0.25) is 0 Å². The van der Waals surface area contributed by atoms with Crippen LogP contribution >= 0.6 is 0 Å². The van der Waals surface area contributed by atoms with Crippen molar-refractivity contribution in [3.8, 4) is 11.1 Å². The van der Waals surface area contributed by atoms with Crippen molar-refractivity contribution in [3.05, 3.63) is 48.3 Å². The largest absolute Gasteiger partial charge is 0.478 e. The van der Waals surface area contributed by atoms with Gasteiger partial charge in [0.25, 0.3) is 0 Å². The summed E-state index contributed by atoms with van der Waals surface area (Å²) in [7, 11) is 0. The van der Waals surface area contributed by atoms with E-state index in [4.69, 9.17) is 4.74 Å². The molecule has 6 nitrogen and oxygen atoms in total. The van der Waals surface area contributed by atoms with E-state index < -0.39 is 17.7 Å². The van der Waals surface area contributed by atoms with Gasteiger partial charge in [-0.2, -0.15) is 0 Å². The summed E-state index contributed by atoms with van der Waals surface area (Å²) in [5, 5.41) is 11.8. The number of nitrogens with one attached hydrogen (secondary N) is 1. The van der Waals surface area contributed by atoms with Crippen molar-refractivity contribution in [2.24, 2.45) is 0 Å². The number of carbonyl (C=O) groups excluding carboxylic acids is 1. The lowest BCUT2D eigenvalue weighted by atomic mass is 10.0. The predicted molar refractivity (Wildman–Crippen MR) is 86.5 cm³/mol. The molecule has 0 spiro atoms. The fourth-order valence-electron chi connectivity index (χ4n) is 1.97. The van der Waals surface area contributed by atoms with Crippen LogP contribution in [0.15, 0.2) is 42.7 Å². The van der Waals surface area contributed by atoms with Crippen LogP contribution in [0.25, 0.3) is 11.1 Å². The van der Waals surface area contributed by atoms with E-state index in [1.807, 2.05) is 0 Å². The van der Waals surface area contributed by atoms with E-state index in [9.17, 15) is 14.7 Å². The zero-order valence-corrected chi connectivity index (χ0v) is 13.2. The number of aromatic carboxylic acids is 1. The molecule has 23 heavy (non-hydrogen) atoms. The van der Waals surface area contributed by atoms with Crippen LogP contribution in [-0.2, 0) is 4.74 Å². The van der Waals surface area contributed by atoms with Crippen LogP contribution in [0.4, 0.5) is 10.5 Å². The van der Waals surface area contributed by atoms with Crippen LogP contribution in [0.5, 0.6) is 0 Å². The quantitative estimate of drug-likeness (QED) is 0.899. The minimum atomic E-state index is -1.04. The van der Waals surface area contributed by atoms with E-state index in [1.54, 1.807) is 51.1 Å². The first-order chi connectivity index (χ1) is 10.8. The molecule has 0 fully saturated rings. The fraction of sp³-hybridized carbons (Fsp3) is 0.235. The van der Waals surface area contributed by atoms with Gasteiger partial charge in [-0.15, -0.1) is 0 Å². The number of anilines is 1. The molecule has 0 aliphatic rings. The molecular formula is C17H18N2O4. The van der Waals surface area contributed by atoms with Crippen molar-refractivity contribution in [2.45, 2.75) is 26.4 Å². The summed E-state index contributed by atoms with van der Waals surface area (Å²) in [6.07, 6.45) is 2.31. The molecule has 2 N–H and O–H groups in total. The number of carbonyl (C=O) groups is 2. The Morgan fingerprint density at radius 3 is 2.35 bits per heavy atom. The maximum absolute atomic E-state index is 11.7. The van der Waals surface area contributed by atoms with E-state index in [1.165, 1.54) is 12.4 Å². The van der Waals surface area contributed by atoms with E-state index in [0.717, 1.165) is 5.56 Å². The standard InChI is InChI=1S/C17H18N2O4/c1-17(2,3)23-16(22)19-12-6-4-11(5-7-12)13-8-9-18-10-14(13)15(20)21/h4-10H,1-3H3,(H,19,22)(H,20,21). The lowest BCUT2D eigenvalue weighted by molar-refractivity contribution is 0.0634. The highest BCUT2D eigenvalue weighted by molar-refractivity contribution is 5.95. The Morgan fingerprint density at radius 1 is 1.13 bits per heavy atom. The Bertz CT molecular complexity index is 718. The van der Waals surface area contributed by atoms with Crippen molar-refractivity contribution < 1.29 is 19.4 Å². The molecule has 1 aromatic carbocycles. The minimum absolute atomic E-state index is 0.125. The monoisotopic (exact) mass is 314 g/mol. The lowest BCUT2D eigenvalue weighted by Crippen LogP contribution is -2.27. The van der Waals surface area contributed by atoms with E-state index in [2.05, 4.69) is 10.3 Å². The average molecular weight is 314 g/mol. The second kappa shape index (κ2) is 6.48. The number of hydrogen-bond donors (Lipinski definition) is 2. The summed E-state index contributed by atoms with van der Waals surface area (Å²) in [4.78, 5) is 26.8. The van der Waals surface area contributed by atoms with Gasteiger partial charge >= 0.3 is 12.1 Å². The SMILES string of the molecule is CC(C)(C)OC(=O)Nc1ccc(-c2ccncc2C(=O)O)cc1. The zero-order valence-electron chi connectivity index (χ0n) is 13.2. The Hall–Kier alpha value is -2.89. The van der Waals surface area contributed by atoms with Gasteiger partial charge < -0.3 is 9.84 Å². The normalized spacial score (nSPS) is 10.9. The van der Waals surface area contributed by atoms with Gasteiger partial charge in [-0.05, 0) is 50.1 Å². The number of rotatable bonds is 3. The Balaban J connectivity index is 2.18. The topological polar surface area (TPSA) is 88.5 Å². The number of hydrogen-bond acceptors (Lipinski definition) is 4. The smallest absolute Gasteiger partial charge is 0.412 e. The summed E-state index contributed by atoms with van der Waals surface area (Å²) in [5.74, 6) is -1.04. The number of ether oxygens (including phenoxy) is 1. The number of aromatic nitrogens is 1. The van der Waals surface area contributed by atoms with E-state index in [0.29, 0.717) is 11.3 Å². The van der Waals surface area contributed by atoms with Gasteiger partial charge in [0.05, 0.1) is 5.56 Å². The van der Waals surface area contributed by atoms with Crippen LogP contribution in [0.3, 0.4) is 0 Å². The Labute approximate surface area is 134 Å². The number of carboxylic acids is 1. The first kappa shape index (κ1) is 16.5. The molecule has 2 rings (SSSR count). The molecule has 120 valence electrons. The molecule has 0 bridgehead atoms. The minimum Gasteiger partial charge on any atom is -0.478 e. The van der Waals surface area contributed by atoms with Crippen molar-refractivity contribution in [3.63, 3.8) is 0 Å². The summed E-state index contributed by atoms with van der Waals surface area (Å²) in [6.45, 7) is 5.35. The molecule has 0 saturated heterocycles. The summed E-state index contributed by atoms with van der Waals surface area (Å²) in [6, 6.07) is 8.47. The number of benzene rings is 1. The third-order valence-electron chi connectivity index (χ3n) is 2.89. The Morgan fingerprint density at radius 2 is 1.78 bits per heavy atom. The van der Waals surface area contributed by atoms with Crippen molar-refractivity contribution >= 4 is 17.7 Å². The van der Waals surface area contributed by atoms with E-state index >= 15 is 0 Å². The van der Waals surface area contributed by atoms with Crippen LogP contribution < -0.4 is 5.32 Å². The first-order valence-electron chi connectivity index (χ1n) is 7.04. The number of carboxylic acid groups (broad SMARTS) is 1. The Kier molecular flexibility index (Phi) is 4.64. The van der Waals surface area contributed by atoms with Gasteiger partial charge in [0.1, 0.15) is 5.60 Å². The molecular weight excluding hydrogens is 296 g/mol. The molecule has 1 heterocycles. The maximum atomic E-state index is 11.7. The zero-order chi connectivity index (χ0) is 17.0. The molecule has 0 saturated carbocycles. The number of nitrogens with zero attached hydrogens (tertiary/aromatic N) is 1. The third-order valence-corrected chi connectivity index (χ3v) is 2.89.